The van der Waals surface area contributed by atoms with E-state index in [1.807, 2.05) is 0 Å². The third-order valence-corrected chi connectivity index (χ3v) is 4.44. The van der Waals surface area contributed by atoms with Crippen molar-refractivity contribution < 1.29 is 14.2 Å². The molecule has 0 radical (unpaired) electrons. The van der Waals surface area contributed by atoms with Crippen LogP contribution in [0.15, 0.2) is 18.3 Å². The van der Waals surface area contributed by atoms with E-state index in [0.29, 0.717) is 29.2 Å². The highest BCUT2D eigenvalue weighted by Crippen LogP contribution is 2.40. The minimum atomic E-state index is 0.403. The number of hydrogen-bond acceptors (Lipinski definition) is 8. The van der Waals surface area contributed by atoms with Crippen LogP contribution in [0.3, 0.4) is 0 Å². The Morgan fingerprint density at radius 3 is 2.27 bits per heavy atom. The van der Waals surface area contributed by atoms with Crippen molar-refractivity contribution in [2.45, 2.75) is 38.1 Å². The third-order valence-electron chi connectivity index (χ3n) is 4.44. The van der Waals surface area contributed by atoms with Crippen LogP contribution < -0.4 is 24.8 Å². The average Bonchev–Trinajstić information content (AvgIpc) is 2.68. The third kappa shape index (κ3) is 4.25. The number of nitrogens with zero attached hydrogens (tertiary/aromatic N) is 3. The van der Waals surface area contributed by atoms with Crippen LogP contribution in [-0.4, -0.2) is 42.6 Å². The highest BCUT2D eigenvalue weighted by Gasteiger charge is 2.16. The molecule has 1 aliphatic carbocycles. The smallest absolute Gasteiger partial charge is 0.249 e. The molecule has 140 valence electrons. The molecule has 1 aromatic carbocycles. The van der Waals surface area contributed by atoms with Gasteiger partial charge in [0.2, 0.25) is 11.7 Å². The van der Waals surface area contributed by atoms with Gasteiger partial charge in [0.1, 0.15) is 0 Å². The first-order valence-electron chi connectivity index (χ1n) is 8.76. The van der Waals surface area contributed by atoms with Gasteiger partial charge in [0.25, 0.3) is 0 Å². The van der Waals surface area contributed by atoms with E-state index in [4.69, 9.17) is 14.2 Å². The van der Waals surface area contributed by atoms with E-state index >= 15 is 0 Å². The molecule has 0 bridgehead atoms. The largest absolute Gasteiger partial charge is 0.493 e. The van der Waals surface area contributed by atoms with Gasteiger partial charge in [-0.3, -0.25) is 0 Å². The Bertz CT molecular complexity index is 710. The second kappa shape index (κ2) is 8.55. The van der Waals surface area contributed by atoms with Crippen LogP contribution in [0.5, 0.6) is 17.2 Å². The summed E-state index contributed by atoms with van der Waals surface area (Å²) in [7, 11) is 4.72. The molecule has 8 heteroatoms. The Morgan fingerprint density at radius 2 is 1.65 bits per heavy atom. The summed E-state index contributed by atoms with van der Waals surface area (Å²) in [5.74, 6) is 2.77. The zero-order valence-corrected chi connectivity index (χ0v) is 15.4. The van der Waals surface area contributed by atoms with Crippen LogP contribution in [0.1, 0.15) is 32.1 Å². The topological polar surface area (TPSA) is 90.4 Å². The Kier molecular flexibility index (Phi) is 5.93. The lowest BCUT2D eigenvalue weighted by Crippen LogP contribution is -2.23. The quantitative estimate of drug-likeness (QED) is 0.777. The number of methoxy groups -OCH3 is 3. The standard InChI is InChI=1S/C18H25N5O3/c1-24-14-9-13(10-15(25-2)17(14)26-3)21-18-22-16(11-19-23-18)20-12-7-5-4-6-8-12/h9-12H,4-8H2,1-3H3,(H2,20,21,22,23). The molecular weight excluding hydrogens is 334 g/mol. The monoisotopic (exact) mass is 359 g/mol. The molecule has 1 fully saturated rings. The minimum absolute atomic E-state index is 0.403. The molecule has 2 N–H and O–H groups in total. The molecule has 0 aliphatic heterocycles. The summed E-state index contributed by atoms with van der Waals surface area (Å²) in [4.78, 5) is 4.51. The maximum Gasteiger partial charge on any atom is 0.249 e. The summed E-state index contributed by atoms with van der Waals surface area (Å²) >= 11 is 0. The summed E-state index contributed by atoms with van der Waals surface area (Å²) in [6.07, 6.45) is 7.81. The summed E-state index contributed by atoms with van der Waals surface area (Å²) in [6, 6.07) is 4.05. The summed E-state index contributed by atoms with van der Waals surface area (Å²) < 4.78 is 16.1. The molecule has 0 amide bonds. The molecule has 1 aliphatic rings. The van der Waals surface area contributed by atoms with Gasteiger partial charge < -0.3 is 24.8 Å². The molecule has 3 rings (SSSR count). The second-order valence-corrected chi connectivity index (χ2v) is 6.18. The molecule has 1 heterocycles. The molecule has 1 saturated carbocycles. The number of benzene rings is 1. The number of ether oxygens (including phenoxy) is 3. The van der Waals surface area contributed by atoms with Crippen molar-refractivity contribution >= 4 is 17.5 Å². The van der Waals surface area contributed by atoms with Gasteiger partial charge in [-0.1, -0.05) is 19.3 Å². The maximum absolute atomic E-state index is 5.37. The van der Waals surface area contributed by atoms with E-state index in [9.17, 15) is 0 Å². The van der Waals surface area contributed by atoms with Crippen LogP contribution >= 0.6 is 0 Å². The average molecular weight is 359 g/mol. The fourth-order valence-corrected chi connectivity index (χ4v) is 3.16. The maximum atomic E-state index is 5.37. The summed E-state index contributed by atoms with van der Waals surface area (Å²) in [5.41, 5.74) is 0.719. The van der Waals surface area contributed by atoms with E-state index in [1.165, 1.54) is 32.1 Å². The lowest BCUT2D eigenvalue weighted by atomic mass is 9.96. The van der Waals surface area contributed by atoms with Crippen LogP contribution in [-0.2, 0) is 0 Å². The second-order valence-electron chi connectivity index (χ2n) is 6.18. The number of aromatic nitrogens is 3. The predicted octanol–water partition coefficient (Wildman–Crippen LogP) is 3.39. The normalized spacial score (nSPS) is 14.6. The molecule has 1 aromatic heterocycles. The Balaban J connectivity index is 1.77. The van der Waals surface area contributed by atoms with Crippen molar-refractivity contribution in [3.8, 4) is 17.2 Å². The number of anilines is 3. The molecule has 0 spiro atoms. The lowest BCUT2D eigenvalue weighted by Gasteiger charge is -2.23. The van der Waals surface area contributed by atoms with Crippen LogP contribution in [0.2, 0.25) is 0 Å². The van der Waals surface area contributed by atoms with Crippen molar-refractivity contribution in [1.29, 1.82) is 0 Å². The first kappa shape index (κ1) is 18.0. The Morgan fingerprint density at radius 1 is 0.962 bits per heavy atom. The number of rotatable bonds is 7. The fraction of sp³-hybridized carbons (Fsp3) is 0.500. The van der Waals surface area contributed by atoms with Crippen LogP contribution in [0.4, 0.5) is 17.5 Å². The fourth-order valence-electron chi connectivity index (χ4n) is 3.16. The first-order chi connectivity index (χ1) is 12.7. The van der Waals surface area contributed by atoms with Crippen molar-refractivity contribution in [3.05, 3.63) is 18.3 Å². The minimum Gasteiger partial charge on any atom is -0.493 e. The number of hydrogen-bond donors (Lipinski definition) is 2. The SMILES string of the molecule is COc1cc(Nc2nncc(NC3CCCCC3)n2)cc(OC)c1OC. The van der Waals surface area contributed by atoms with Crippen molar-refractivity contribution in [3.63, 3.8) is 0 Å². The molecular formula is C18H25N5O3. The van der Waals surface area contributed by atoms with Gasteiger partial charge in [0.15, 0.2) is 17.3 Å². The van der Waals surface area contributed by atoms with Crippen molar-refractivity contribution in [1.82, 2.24) is 15.2 Å². The zero-order valence-electron chi connectivity index (χ0n) is 15.4. The lowest BCUT2D eigenvalue weighted by molar-refractivity contribution is 0.324. The van der Waals surface area contributed by atoms with Gasteiger partial charge >= 0.3 is 0 Å². The van der Waals surface area contributed by atoms with E-state index in [1.54, 1.807) is 39.7 Å². The molecule has 0 unspecified atom stereocenters. The van der Waals surface area contributed by atoms with Gasteiger partial charge in [-0.25, -0.2) is 0 Å². The Labute approximate surface area is 153 Å². The van der Waals surface area contributed by atoms with Gasteiger partial charge in [-0.05, 0) is 12.8 Å². The van der Waals surface area contributed by atoms with Gasteiger partial charge in [-0.15, -0.1) is 5.10 Å². The first-order valence-corrected chi connectivity index (χ1v) is 8.76. The van der Waals surface area contributed by atoms with Gasteiger partial charge in [0.05, 0.1) is 27.5 Å². The molecule has 26 heavy (non-hydrogen) atoms. The van der Waals surface area contributed by atoms with Gasteiger partial charge in [0, 0.05) is 23.9 Å². The molecule has 0 atom stereocenters. The van der Waals surface area contributed by atoms with E-state index < -0.39 is 0 Å². The molecule has 8 nitrogen and oxygen atoms in total. The Hall–Kier alpha value is -2.77. The molecule has 0 saturated heterocycles. The van der Waals surface area contributed by atoms with Gasteiger partial charge in [-0.2, -0.15) is 10.1 Å². The van der Waals surface area contributed by atoms with E-state index in [0.717, 1.165) is 11.5 Å². The van der Waals surface area contributed by atoms with E-state index in [-0.39, 0.29) is 0 Å². The highest BCUT2D eigenvalue weighted by molar-refractivity contribution is 5.65. The predicted molar refractivity (Wildman–Crippen MR) is 99.7 cm³/mol. The van der Waals surface area contributed by atoms with Crippen LogP contribution in [0, 0.1) is 0 Å². The summed E-state index contributed by atoms with van der Waals surface area (Å²) in [6.45, 7) is 0. The molecule has 2 aromatic rings. The van der Waals surface area contributed by atoms with Crippen LogP contribution in [0.25, 0.3) is 0 Å². The number of nitrogens with one attached hydrogen (secondary N) is 2. The summed E-state index contributed by atoms with van der Waals surface area (Å²) in [5, 5.41) is 14.7. The van der Waals surface area contributed by atoms with Crippen molar-refractivity contribution in [2.24, 2.45) is 0 Å². The van der Waals surface area contributed by atoms with E-state index in [2.05, 4.69) is 25.8 Å². The highest BCUT2D eigenvalue weighted by atomic mass is 16.5. The van der Waals surface area contributed by atoms with Crippen molar-refractivity contribution in [2.75, 3.05) is 32.0 Å². The zero-order chi connectivity index (χ0) is 18.4.